The molecular weight excluding hydrogens is 418 g/mol. The van der Waals surface area contributed by atoms with E-state index in [-0.39, 0.29) is 5.56 Å². The van der Waals surface area contributed by atoms with Gasteiger partial charge in [0.2, 0.25) is 0 Å². The van der Waals surface area contributed by atoms with E-state index in [1.807, 2.05) is 11.8 Å². The Hall–Kier alpha value is -3.09. The van der Waals surface area contributed by atoms with Gasteiger partial charge >= 0.3 is 5.97 Å². The minimum atomic E-state index is -0.927. The molecule has 3 heterocycles. The highest BCUT2D eigenvalue weighted by atomic mass is 32.2. The number of thioether (sulfide) groups is 1. The van der Waals surface area contributed by atoms with Crippen LogP contribution in [-0.2, 0) is 5.75 Å². The van der Waals surface area contributed by atoms with Gasteiger partial charge < -0.3 is 10.0 Å². The van der Waals surface area contributed by atoms with E-state index >= 15 is 0 Å². The van der Waals surface area contributed by atoms with E-state index < -0.39 is 5.97 Å². The maximum atomic E-state index is 11.5. The first-order valence-corrected chi connectivity index (χ1v) is 11.9. The Morgan fingerprint density at radius 1 is 0.969 bits per heavy atom. The molecule has 0 saturated carbocycles. The largest absolute Gasteiger partial charge is 0.478 e. The number of hydrogen-bond donors (Lipinski definition) is 1. The van der Waals surface area contributed by atoms with E-state index in [0.29, 0.717) is 5.82 Å². The molecule has 0 spiro atoms. The molecule has 0 unspecified atom stereocenters. The van der Waals surface area contributed by atoms with Crippen LogP contribution in [0.15, 0.2) is 77.8 Å². The molecule has 2 aliphatic rings. The molecule has 0 amide bonds. The van der Waals surface area contributed by atoms with Crippen LogP contribution in [0.4, 0.5) is 5.82 Å². The highest BCUT2D eigenvalue weighted by Crippen LogP contribution is 2.39. The van der Waals surface area contributed by atoms with E-state index in [1.165, 1.54) is 27.2 Å². The third-order valence-electron chi connectivity index (χ3n) is 6.11. The molecule has 0 atom stereocenters. The first kappa shape index (κ1) is 20.8. The fraction of sp³-hybridized carbons (Fsp3) is 0.231. The number of pyridine rings is 1. The van der Waals surface area contributed by atoms with Crippen molar-refractivity contribution in [2.75, 3.05) is 37.6 Å². The molecule has 162 valence electrons. The van der Waals surface area contributed by atoms with Crippen molar-refractivity contribution >= 4 is 29.1 Å². The van der Waals surface area contributed by atoms with Gasteiger partial charge in [-0.25, -0.2) is 9.78 Å². The Morgan fingerprint density at radius 2 is 1.72 bits per heavy atom. The summed E-state index contributed by atoms with van der Waals surface area (Å²) >= 11 is 1.90. The highest BCUT2D eigenvalue weighted by molar-refractivity contribution is 7.98. The molecule has 2 aromatic carbocycles. The number of hydrogen-bond acceptors (Lipinski definition) is 5. The van der Waals surface area contributed by atoms with Crippen molar-refractivity contribution < 1.29 is 9.90 Å². The van der Waals surface area contributed by atoms with Gasteiger partial charge in [-0.3, -0.25) is 4.90 Å². The number of benzene rings is 2. The molecule has 32 heavy (non-hydrogen) atoms. The van der Waals surface area contributed by atoms with E-state index in [4.69, 9.17) is 0 Å². The Labute approximate surface area is 192 Å². The summed E-state index contributed by atoms with van der Waals surface area (Å²) in [5.41, 5.74) is 5.58. The van der Waals surface area contributed by atoms with Crippen LogP contribution in [0.1, 0.15) is 27.0 Å². The molecule has 1 N–H and O–H groups in total. The van der Waals surface area contributed by atoms with Crippen LogP contribution in [-0.4, -0.2) is 53.7 Å². The van der Waals surface area contributed by atoms with Crippen LogP contribution in [0.5, 0.6) is 0 Å². The fourth-order valence-corrected chi connectivity index (χ4v) is 5.49. The zero-order chi connectivity index (χ0) is 21.9. The number of aromatic nitrogens is 1. The number of aromatic carboxylic acids is 1. The number of nitrogens with zero attached hydrogens (tertiary/aromatic N) is 3. The molecule has 6 heteroatoms. The summed E-state index contributed by atoms with van der Waals surface area (Å²) in [6.45, 7) is 4.15. The molecule has 3 aromatic rings. The molecule has 1 aromatic heterocycles. The Kier molecular flexibility index (Phi) is 5.97. The number of carboxylic acid groups (broad SMARTS) is 1. The lowest BCUT2D eigenvalue weighted by atomic mass is 9.94. The summed E-state index contributed by atoms with van der Waals surface area (Å²) in [6.07, 6.45) is 4.03. The van der Waals surface area contributed by atoms with Crippen LogP contribution in [0, 0.1) is 0 Å². The average Bonchev–Trinajstić information content (AvgIpc) is 3.00. The summed E-state index contributed by atoms with van der Waals surface area (Å²) in [7, 11) is 0. The summed E-state index contributed by atoms with van der Waals surface area (Å²) in [4.78, 5) is 21.7. The second-order valence-corrected chi connectivity index (χ2v) is 9.04. The third-order valence-corrected chi connectivity index (χ3v) is 7.23. The van der Waals surface area contributed by atoms with Crippen LogP contribution >= 0.6 is 11.8 Å². The molecule has 2 aliphatic heterocycles. The van der Waals surface area contributed by atoms with Crippen molar-refractivity contribution in [2.24, 2.45) is 0 Å². The Balaban J connectivity index is 1.35. The number of rotatable bonds is 4. The molecule has 0 radical (unpaired) electrons. The number of anilines is 1. The van der Waals surface area contributed by atoms with Gasteiger partial charge in [0.15, 0.2) is 0 Å². The van der Waals surface area contributed by atoms with Gasteiger partial charge in [-0.1, -0.05) is 48.5 Å². The lowest BCUT2D eigenvalue weighted by Crippen LogP contribution is -2.47. The number of fused-ring (bicyclic) bond motifs is 2. The average molecular weight is 444 g/mol. The predicted octanol–water partition coefficient (Wildman–Crippen LogP) is 4.64. The summed E-state index contributed by atoms with van der Waals surface area (Å²) < 4.78 is 0. The summed E-state index contributed by atoms with van der Waals surface area (Å²) in [5, 5.41) is 9.47. The standard InChI is InChI=1S/C26H25N3O2S/c30-26(31)23-9-5-12-27-25(23)29-16-14-28(15-17-29)13-11-21-20-7-2-1-6-19(20)18-32-24-10-4-3-8-22(21)24/h1-12H,13-18H2,(H,30,31). The fourth-order valence-electron chi connectivity index (χ4n) is 4.42. The lowest BCUT2D eigenvalue weighted by molar-refractivity contribution is 0.0697. The van der Waals surface area contributed by atoms with E-state index in [0.717, 1.165) is 38.5 Å². The van der Waals surface area contributed by atoms with E-state index in [1.54, 1.807) is 18.3 Å². The van der Waals surface area contributed by atoms with Gasteiger partial charge in [0.1, 0.15) is 11.4 Å². The van der Waals surface area contributed by atoms with Gasteiger partial charge in [-0.15, -0.1) is 11.8 Å². The van der Waals surface area contributed by atoms with Crippen molar-refractivity contribution in [3.8, 4) is 0 Å². The number of carbonyl (C=O) groups is 1. The third kappa shape index (κ3) is 4.16. The maximum absolute atomic E-state index is 11.5. The second-order valence-electron chi connectivity index (χ2n) is 8.03. The number of piperazine rings is 1. The highest BCUT2D eigenvalue weighted by Gasteiger charge is 2.23. The SMILES string of the molecule is O=C(O)c1cccnc1N1CCN(CC=C2c3ccccc3CSc3ccccc32)CC1. The topological polar surface area (TPSA) is 56.7 Å². The van der Waals surface area contributed by atoms with Crippen molar-refractivity contribution in [1.82, 2.24) is 9.88 Å². The van der Waals surface area contributed by atoms with Gasteiger partial charge in [-0.2, -0.15) is 0 Å². The zero-order valence-corrected chi connectivity index (χ0v) is 18.6. The first-order chi connectivity index (χ1) is 15.7. The van der Waals surface area contributed by atoms with Crippen molar-refractivity contribution in [1.29, 1.82) is 0 Å². The van der Waals surface area contributed by atoms with Crippen LogP contribution in [0.3, 0.4) is 0 Å². The lowest BCUT2D eigenvalue weighted by Gasteiger charge is -2.35. The number of carboxylic acids is 1. The minimum absolute atomic E-state index is 0.271. The molecule has 0 bridgehead atoms. The molecule has 5 nitrogen and oxygen atoms in total. The first-order valence-electron chi connectivity index (χ1n) is 10.9. The monoisotopic (exact) mass is 443 g/mol. The molecule has 0 aliphatic carbocycles. The summed E-state index contributed by atoms with van der Waals surface area (Å²) in [6, 6.07) is 20.7. The zero-order valence-electron chi connectivity index (χ0n) is 17.8. The predicted molar refractivity (Wildman–Crippen MR) is 129 cm³/mol. The molecule has 5 rings (SSSR count). The van der Waals surface area contributed by atoms with Gasteiger partial charge in [0.05, 0.1) is 0 Å². The van der Waals surface area contributed by atoms with Gasteiger partial charge in [0, 0.05) is 49.6 Å². The molecule has 1 saturated heterocycles. The smallest absolute Gasteiger partial charge is 0.339 e. The van der Waals surface area contributed by atoms with Gasteiger partial charge in [0.25, 0.3) is 0 Å². The molecule has 1 fully saturated rings. The maximum Gasteiger partial charge on any atom is 0.339 e. The quantitative estimate of drug-likeness (QED) is 0.634. The van der Waals surface area contributed by atoms with Crippen molar-refractivity contribution in [3.05, 3.63) is 95.2 Å². The summed E-state index contributed by atoms with van der Waals surface area (Å²) in [5.74, 6) is 0.629. The van der Waals surface area contributed by atoms with E-state index in [9.17, 15) is 9.90 Å². The van der Waals surface area contributed by atoms with E-state index in [2.05, 4.69) is 69.4 Å². The normalized spacial score (nSPS) is 17.5. The van der Waals surface area contributed by atoms with Crippen LogP contribution in [0.2, 0.25) is 0 Å². The van der Waals surface area contributed by atoms with Crippen LogP contribution < -0.4 is 4.90 Å². The Bertz CT molecular complexity index is 1120. The van der Waals surface area contributed by atoms with Gasteiger partial charge in [-0.05, 0) is 40.5 Å². The molecular formula is C26H25N3O2S. The van der Waals surface area contributed by atoms with Crippen molar-refractivity contribution in [2.45, 2.75) is 10.6 Å². The van der Waals surface area contributed by atoms with Crippen molar-refractivity contribution in [3.63, 3.8) is 0 Å². The minimum Gasteiger partial charge on any atom is -0.478 e. The Morgan fingerprint density at radius 3 is 2.53 bits per heavy atom. The second kappa shape index (κ2) is 9.18. The van der Waals surface area contributed by atoms with Crippen LogP contribution in [0.25, 0.3) is 5.57 Å².